The van der Waals surface area contributed by atoms with Gasteiger partial charge in [0.25, 0.3) is 11.8 Å². The quantitative estimate of drug-likeness (QED) is 0.378. The van der Waals surface area contributed by atoms with Crippen LogP contribution in [0.5, 0.6) is 0 Å². The molecule has 0 aromatic heterocycles. The topological polar surface area (TPSA) is 58.4 Å². The van der Waals surface area contributed by atoms with Crippen LogP contribution in [0, 0.1) is 11.6 Å². The largest absolute Gasteiger partial charge is 0.366 e. The van der Waals surface area contributed by atoms with E-state index in [9.17, 15) is 22.4 Å². The van der Waals surface area contributed by atoms with Crippen LogP contribution in [0.3, 0.4) is 0 Å². The molecule has 0 atom stereocenters. The first kappa shape index (κ1) is 14.6. The van der Waals surface area contributed by atoms with E-state index in [0.717, 1.165) is 12.1 Å². The van der Waals surface area contributed by atoms with E-state index in [2.05, 4.69) is 0 Å². The Bertz CT molecular complexity index is 502. The monoisotopic (exact) mass is 291 g/mol. The van der Waals surface area contributed by atoms with Gasteiger partial charge in [0.1, 0.15) is 17.3 Å². The fraction of sp³-hybridized carbons (Fsp3) is 0.417. The Morgan fingerprint density at radius 2 is 1.70 bits per heavy atom. The molecule has 0 aliphatic carbocycles. The number of benzene rings is 1. The van der Waals surface area contributed by atoms with Crippen LogP contribution < -0.4 is 16.2 Å². The van der Waals surface area contributed by atoms with E-state index < -0.39 is 42.0 Å². The fourth-order valence-corrected chi connectivity index (χ4v) is 2.14. The third kappa shape index (κ3) is 2.84. The third-order valence-corrected chi connectivity index (χ3v) is 3.22. The van der Waals surface area contributed by atoms with Gasteiger partial charge in [0.05, 0.1) is 0 Å². The minimum absolute atomic E-state index is 0.150. The number of nitrogens with zero attached hydrogens (tertiary/aromatic N) is 1. The summed E-state index contributed by atoms with van der Waals surface area (Å²) in [6.07, 6.45) is -0.923. The van der Waals surface area contributed by atoms with E-state index >= 15 is 0 Å². The number of carbonyl (C=O) groups is 1. The van der Waals surface area contributed by atoms with E-state index in [1.165, 1.54) is 4.90 Å². The Labute approximate surface area is 112 Å². The summed E-state index contributed by atoms with van der Waals surface area (Å²) < 4.78 is 53.8. The van der Waals surface area contributed by atoms with E-state index in [4.69, 9.17) is 5.84 Å². The molecular formula is C12H13F4N3O. The normalized spacial score (nSPS) is 17.9. The van der Waals surface area contributed by atoms with Crippen molar-refractivity contribution >= 4 is 11.6 Å². The maximum atomic E-state index is 13.9. The highest BCUT2D eigenvalue weighted by Gasteiger charge is 2.35. The van der Waals surface area contributed by atoms with Gasteiger partial charge in [0.2, 0.25) is 0 Å². The summed E-state index contributed by atoms with van der Waals surface area (Å²) in [6, 6.07) is 1.65. The molecule has 1 heterocycles. The highest BCUT2D eigenvalue weighted by Crippen LogP contribution is 2.33. The zero-order chi connectivity index (χ0) is 14.9. The maximum absolute atomic E-state index is 13.9. The highest BCUT2D eigenvalue weighted by molar-refractivity contribution is 5.94. The molecule has 1 aromatic carbocycles. The van der Waals surface area contributed by atoms with E-state index in [-0.39, 0.29) is 18.7 Å². The van der Waals surface area contributed by atoms with Gasteiger partial charge in [-0.05, 0) is 12.1 Å². The summed E-state index contributed by atoms with van der Waals surface area (Å²) in [5.74, 6) is -0.716. The number of halogens is 4. The summed E-state index contributed by atoms with van der Waals surface area (Å²) >= 11 is 0. The first-order valence-electron chi connectivity index (χ1n) is 5.97. The molecule has 0 bridgehead atoms. The van der Waals surface area contributed by atoms with Crippen LogP contribution in [0.4, 0.5) is 23.2 Å². The molecule has 4 nitrogen and oxygen atoms in total. The number of hydrogen-bond acceptors (Lipinski definition) is 3. The molecule has 0 unspecified atom stereocenters. The third-order valence-electron chi connectivity index (χ3n) is 3.22. The number of nitrogens with two attached hydrogens (primary N) is 1. The van der Waals surface area contributed by atoms with E-state index in [1.807, 2.05) is 0 Å². The number of alkyl halides is 2. The van der Waals surface area contributed by atoms with Gasteiger partial charge in [-0.3, -0.25) is 10.2 Å². The number of hydrazine groups is 1. The highest BCUT2D eigenvalue weighted by atomic mass is 19.3. The average Bonchev–Trinajstić information content (AvgIpc) is 2.38. The number of nitrogen functional groups attached to an aromatic ring is 1. The fourth-order valence-electron chi connectivity index (χ4n) is 2.14. The van der Waals surface area contributed by atoms with Crippen molar-refractivity contribution in [2.75, 3.05) is 18.0 Å². The molecule has 1 aliphatic rings. The molecule has 1 aliphatic heterocycles. The second-order valence-electron chi connectivity index (χ2n) is 4.60. The Kier molecular flexibility index (Phi) is 3.85. The molecule has 0 spiro atoms. The minimum atomic E-state index is -2.80. The van der Waals surface area contributed by atoms with Gasteiger partial charge in [0.15, 0.2) is 0 Å². The van der Waals surface area contributed by atoms with Gasteiger partial charge in [-0.15, -0.1) is 0 Å². The van der Waals surface area contributed by atoms with Gasteiger partial charge in [-0.25, -0.2) is 23.4 Å². The van der Waals surface area contributed by atoms with Gasteiger partial charge in [0, 0.05) is 31.5 Å². The Morgan fingerprint density at radius 3 is 2.15 bits per heavy atom. The van der Waals surface area contributed by atoms with Crippen LogP contribution in [0.25, 0.3) is 0 Å². The lowest BCUT2D eigenvalue weighted by molar-refractivity contribution is -0.0222. The van der Waals surface area contributed by atoms with Gasteiger partial charge in [-0.2, -0.15) is 0 Å². The Morgan fingerprint density at radius 1 is 1.20 bits per heavy atom. The van der Waals surface area contributed by atoms with E-state index in [1.54, 1.807) is 5.43 Å². The van der Waals surface area contributed by atoms with Crippen LogP contribution in [-0.2, 0) is 0 Å². The number of anilines is 1. The maximum Gasteiger partial charge on any atom is 0.265 e. The number of hydrogen-bond donors (Lipinski definition) is 2. The summed E-state index contributed by atoms with van der Waals surface area (Å²) in [7, 11) is 0. The van der Waals surface area contributed by atoms with Gasteiger partial charge < -0.3 is 4.90 Å². The van der Waals surface area contributed by atoms with Crippen molar-refractivity contribution in [3.05, 3.63) is 29.3 Å². The van der Waals surface area contributed by atoms with Crippen molar-refractivity contribution in [3.8, 4) is 0 Å². The van der Waals surface area contributed by atoms with Crippen LogP contribution in [-0.4, -0.2) is 24.9 Å². The minimum Gasteiger partial charge on any atom is -0.366 e. The molecule has 8 heteroatoms. The van der Waals surface area contributed by atoms with Crippen molar-refractivity contribution in [1.82, 2.24) is 5.43 Å². The zero-order valence-corrected chi connectivity index (χ0v) is 10.4. The summed E-state index contributed by atoms with van der Waals surface area (Å²) in [5.41, 5.74) is 1.10. The van der Waals surface area contributed by atoms with Crippen LogP contribution in [0.15, 0.2) is 12.1 Å². The molecule has 0 radical (unpaired) electrons. The molecule has 0 saturated carbocycles. The second kappa shape index (κ2) is 5.28. The second-order valence-corrected chi connectivity index (χ2v) is 4.60. The molecular weight excluding hydrogens is 278 g/mol. The number of amides is 1. The molecule has 3 N–H and O–H groups in total. The van der Waals surface area contributed by atoms with E-state index in [0.29, 0.717) is 0 Å². The first-order valence-corrected chi connectivity index (χ1v) is 5.97. The van der Waals surface area contributed by atoms with Crippen molar-refractivity contribution in [1.29, 1.82) is 0 Å². The SMILES string of the molecule is NNC(=O)c1cc(F)c(N2CCC(F)(F)CC2)c(F)c1. The Hall–Kier alpha value is -1.83. The predicted molar refractivity (Wildman–Crippen MR) is 64.4 cm³/mol. The smallest absolute Gasteiger partial charge is 0.265 e. The summed E-state index contributed by atoms with van der Waals surface area (Å²) in [5, 5.41) is 0. The lowest BCUT2D eigenvalue weighted by Gasteiger charge is -2.33. The Balaban J connectivity index is 2.27. The number of nitrogens with one attached hydrogen (secondary N) is 1. The standard InChI is InChI=1S/C12H13F4N3O/c13-8-5-7(11(20)18-17)6-9(14)10(8)19-3-1-12(15,16)2-4-19/h5-6H,1-4,17H2,(H,18,20). The van der Waals surface area contributed by atoms with Crippen molar-refractivity contribution in [3.63, 3.8) is 0 Å². The number of piperidine rings is 1. The van der Waals surface area contributed by atoms with Crippen LogP contribution in [0.2, 0.25) is 0 Å². The number of carbonyl (C=O) groups excluding carboxylic acids is 1. The van der Waals surface area contributed by atoms with Gasteiger partial charge in [-0.1, -0.05) is 0 Å². The molecule has 1 fully saturated rings. The van der Waals surface area contributed by atoms with Gasteiger partial charge >= 0.3 is 0 Å². The lowest BCUT2D eigenvalue weighted by Crippen LogP contribution is -2.40. The molecule has 110 valence electrons. The molecule has 1 saturated heterocycles. The zero-order valence-electron chi connectivity index (χ0n) is 10.4. The molecule has 20 heavy (non-hydrogen) atoms. The average molecular weight is 291 g/mol. The number of rotatable bonds is 2. The predicted octanol–water partition coefficient (Wildman–Crippen LogP) is 1.80. The summed E-state index contributed by atoms with van der Waals surface area (Å²) in [4.78, 5) is 12.4. The molecule has 2 rings (SSSR count). The van der Waals surface area contributed by atoms with Crippen molar-refractivity contribution in [2.45, 2.75) is 18.8 Å². The summed E-state index contributed by atoms with van der Waals surface area (Å²) in [6.45, 7) is -0.299. The van der Waals surface area contributed by atoms with Crippen LogP contribution >= 0.6 is 0 Å². The van der Waals surface area contributed by atoms with Crippen LogP contribution in [0.1, 0.15) is 23.2 Å². The van der Waals surface area contributed by atoms with Crippen molar-refractivity contribution in [2.24, 2.45) is 5.84 Å². The lowest BCUT2D eigenvalue weighted by atomic mass is 10.0. The molecule has 1 amide bonds. The van der Waals surface area contributed by atoms with Crippen molar-refractivity contribution < 1.29 is 22.4 Å². The molecule has 1 aromatic rings. The first-order chi connectivity index (χ1) is 9.34.